The van der Waals surface area contributed by atoms with Crippen molar-refractivity contribution in [3.8, 4) is 0 Å². The van der Waals surface area contributed by atoms with E-state index in [0.717, 1.165) is 25.8 Å². The highest BCUT2D eigenvalue weighted by atomic mass is 16.5. The highest BCUT2D eigenvalue weighted by Crippen LogP contribution is 2.33. The van der Waals surface area contributed by atoms with Crippen molar-refractivity contribution in [1.29, 1.82) is 0 Å². The number of carbonyl (C=O) groups excluding carboxylic acids is 1. The number of amides is 1. The fourth-order valence-electron chi connectivity index (χ4n) is 3.51. The maximum absolute atomic E-state index is 11.6. The van der Waals surface area contributed by atoms with Gasteiger partial charge in [0.05, 0.1) is 0 Å². The zero-order valence-electron chi connectivity index (χ0n) is 14.2. The van der Waals surface area contributed by atoms with E-state index < -0.39 is 5.91 Å². The second kappa shape index (κ2) is 7.16. The summed E-state index contributed by atoms with van der Waals surface area (Å²) in [7, 11) is 4.15. The van der Waals surface area contributed by atoms with Gasteiger partial charge in [-0.05, 0) is 73.7 Å². The van der Waals surface area contributed by atoms with Crippen LogP contribution in [-0.2, 0) is 19.4 Å². The number of hydroxylamine groups is 1. The lowest BCUT2D eigenvalue weighted by Gasteiger charge is -2.25. The van der Waals surface area contributed by atoms with Crippen molar-refractivity contribution in [3.63, 3.8) is 0 Å². The van der Waals surface area contributed by atoms with Crippen LogP contribution in [0.25, 0.3) is 0 Å². The van der Waals surface area contributed by atoms with Gasteiger partial charge in [-0.15, -0.1) is 0 Å². The van der Waals surface area contributed by atoms with E-state index in [1.165, 1.54) is 22.3 Å². The van der Waals surface area contributed by atoms with E-state index in [1.54, 1.807) is 11.5 Å². The third-order valence-corrected chi connectivity index (χ3v) is 4.75. The van der Waals surface area contributed by atoms with E-state index in [0.29, 0.717) is 11.5 Å². The van der Waals surface area contributed by atoms with Gasteiger partial charge in [0, 0.05) is 12.1 Å². The third-order valence-electron chi connectivity index (χ3n) is 4.75. The van der Waals surface area contributed by atoms with Crippen LogP contribution in [0.15, 0.2) is 42.5 Å². The Morgan fingerprint density at radius 3 is 2.58 bits per heavy atom. The monoisotopic (exact) mass is 324 g/mol. The molecule has 2 aromatic carbocycles. The van der Waals surface area contributed by atoms with E-state index in [-0.39, 0.29) is 0 Å². The molecule has 2 aromatic rings. The molecule has 0 aromatic heterocycles. The minimum atomic E-state index is -0.451. The molecule has 0 heterocycles. The molecule has 0 fully saturated rings. The van der Waals surface area contributed by atoms with Crippen LogP contribution in [0.1, 0.15) is 45.0 Å². The molecular weight excluding hydrogens is 300 g/mol. The Kier molecular flexibility index (Phi) is 4.97. The summed E-state index contributed by atoms with van der Waals surface area (Å²) >= 11 is 0. The Labute approximate surface area is 143 Å². The average molecular weight is 324 g/mol. The Balaban J connectivity index is 1.77. The van der Waals surface area contributed by atoms with E-state index >= 15 is 0 Å². The van der Waals surface area contributed by atoms with Gasteiger partial charge < -0.3 is 4.90 Å². The van der Waals surface area contributed by atoms with Gasteiger partial charge in [-0.1, -0.05) is 30.3 Å². The number of rotatable bonds is 4. The predicted octanol–water partition coefficient (Wildman–Crippen LogP) is 3.14. The third kappa shape index (κ3) is 3.66. The molecule has 0 saturated carbocycles. The largest absolute Gasteiger partial charge is 0.305 e. The topological polar surface area (TPSA) is 52.6 Å². The molecule has 1 aliphatic carbocycles. The van der Waals surface area contributed by atoms with Crippen molar-refractivity contribution in [3.05, 3.63) is 70.3 Å². The number of hydrogen-bond donors (Lipinski definition) is 2. The number of aryl methyl sites for hydroxylation is 1. The molecule has 0 saturated heterocycles. The molecule has 0 radical (unpaired) electrons. The van der Waals surface area contributed by atoms with Gasteiger partial charge in [0.25, 0.3) is 5.91 Å². The second-order valence-electron chi connectivity index (χ2n) is 6.84. The molecule has 4 heteroatoms. The summed E-state index contributed by atoms with van der Waals surface area (Å²) in [6.07, 6.45) is 3.10. The Morgan fingerprint density at radius 2 is 1.92 bits per heavy atom. The molecule has 0 spiro atoms. The lowest BCUT2D eigenvalue weighted by Crippen LogP contribution is -2.20. The molecular formula is C20H24N2O2. The Morgan fingerprint density at radius 1 is 1.17 bits per heavy atom. The van der Waals surface area contributed by atoms with Gasteiger partial charge in [0.15, 0.2) is 0 Å². The number of hydrogen-bond acceptors (Lipinski definition) is 3. The summed E-state index contributed by atoms with van der Waals surface area (Å²) in [5, 5.41) is 8.81. The van der Waals surface area contributed by atoms with Crippen molar-refractivity contribution in [1.82, 2.24) is 10.4 Å². The van der Waals surface area contributed by atoms with Crippen molar-refractivity contribution < 1.29 is 10.0 Å². The van der Waals surface area contributed by atoms with Crippen molar-refractivity contribution in [2.24, 2.45) is 0 Å². The van der Waals surface area contributed by atoms with Gasteiger partial charge >= 0.3 is 0 Å². The average Bonchev–Trinajstić information content (AvgIpc) is 2.60. The lowest BCUT2D eigenvalue weighted by atomic mass is 9.79. The van der Waals surface area contributed by atoms with Crippen LogP contribution in [0.2, 0.25) is 0 Å². The molecule has 24 heavy (non-hydrogen) atoms. The quantitative estimate of drug-likeness (QED) is 0.671. The van der Waals surface area contributed by atoms with E-state index in [1.807, 2.05) is 12.1 Å². The van der Waals surface area contributed by atoms with Crippen molar-refractivity contribution in [2.45, 2.75) is 31.7 Å². The van der Waals surface area contributed by atoms with Crippen LogP contribution in [0.3, 0.4) is 0 Å². The molecule has 1 atom stereocenters. The lowest BCUT2D eigenvalue weighted by molar-refractivity contribution is 0.0706. The fourth-order valence-corrected chi connectivity index (χ4v) is 3.51. The molecule has 3 rings (SSSR count). The number of nitrogens with one attached hydrogen (secondary N) is 1. The molecule has 4 nitrogen and oxygen atoms in total. The molecule has 1 amide bonds. The number of nitrogens with zero attached hydrogens (tertiary/aromatic N) is 1. The van der Waals surface area contributed by atoms with Crippen LogP contribution < -0.4 is 5.48 Å². The smallest absolute Gasteiger partial charge is 0.274 e. The molecule has 0 aliphatic heterocycles. The van der Waals surface area contributed by atoms with Gasteiger partial charge in [-0.2, -0.15) is 0 Å². The van der Waals surface area contributed by atoms with Gasteiger partial charge in [-0.25, -0.2) is 5.48 Å². The fraction of sp³-hybridized carbons (Fsp3) is 0.350. The first kappa shape index (κ1) is 16.7. The van der Waals surface area contributed by atoms with Crippen LogP contribution in [0, 0.1) is 0 Å². The zero-order valence-corrected chi connectivity index (χ0v) is 14.2. The molecule has 0 bridgehead atoms. The van der Waals surface area contributed by atoms with Crippen molar-refractivity contribution in [2.75, 3.05) is 14.1 Å². The normalized spacial score (nSPS) is 16.8. The Hall–Kier alpha value is -2.17. The standard InChI is InChI=1S/C20H24N2O2/c1-22(2)13-14-3-5-15(6-4-14)17-9-7-16-8-10-18(20(23)21-24)12-19(16)11-17/h3-6,8,10,12,17,24H,7,9,11,13H2,1-2H3,(H,21,23). The van der Waals surface area contributed by atoms with Crippen LogP contribution in [0.4, 0.5) is 0 Å². The molecule has 2 N–H and O–H groups in total. The van der Waals surface area contributed by atoms with Crippen LogP contribution >= 0.6 is 0 Å². The minimum Gasteiger partial charge on any atom is -0.305 e. The van der Waals surface area contributed by atoms with Gasteiger partial charge in [-0.3, -0.25) is 10.0 Å². The summed E-state index contributed by atoms with van der Waals surface area (Å²) in [6, 6.07) is 14.6. The molecule has 126 valence electrons. The van der Waals surface area contributed by atoms with E-state index in [4.69, 9.17) is 5.21 Å². The predicted molar refractivity (Wildman–Crippen MR) is 94.3 cm³/mol. The first-order chi connectivity index (χ1) is 11.6. The first-order valence-electron chi connectivity index (χ1n) is 8.36. The van der Waals surface area contributed by atoms with E-state index in [9.17, 15) is 4.79 Å². The van der Waals surface area contributed by atoms with Gasteiger partial charge in [0.2, 0.25) is 0 Å². The second-order valence-corrected chi connectivity index (χ2v) is 6.84. The number of carbonyl (C=O) groups is 1. The van der Waals surface area contributed by atoms with Crippen LogP contribution in [-0.4, -0.2) is 30.1 Å². The zero-order chi connectivity index (χ0) is 17.1. The summed E-state index contributed by atoms with van der Waals surface area (Å²) < 4.78 is 0. The molecule has 1 unspecified atom stereocenters. The van der Waals surface area contributed by atoms with Crippen LogP contribution in [0.5, 0.6) is 0 Å². The van der Waals surface area contributed by atoms with Crippen molar-refractivity contribution >= 4 is 5.91 Å². The van der Waals surface area contributed by atoms with Gasteiger partial charge in [0.1, 0.15) is 0 Å². The highest BCUT2D eigenvalue weighted by molar-refractivity contribution is 5.93. The number of fused-ring (bicyclic) bond motifs is 1. The summed E-state index contributed by atoms with van der Waals surface area (Å²) in [6.45, 7) is 0.952. The SMILES string of the molecule is CN(C)Cc1ccc(C2CCc3ccc(C(=O)NO)cc3C2)cc1. The Bertz CT molecular complexity index is 723. The minimum absolute atomic E-state index is 0.451. The summed E-state index contributed by atoms with van der Waals surface area (Å²) in [4.78, 5) is 13.8. The maximum atomic E-state index is 11.6. The van der Waals surface area contributed by atoms with E-state index in [2.05, 4.69) is 43.3 Å². The first-order valence-corrected chi connectivity index (χ1v) is 8.36. The maximum Gasteiger partial charge on any atom is 0.274 e. The highest BCUT2D eigenvalue weighted by Gasteiger charge is 2.21. The summed E-state index contributed by atoms with van der Waals surface area (Å²) in [5.41, 5.74) is 7.43. The molecule has 1 aliphatic rings. The number of benzene rings is 2. The summed E-state index contributed by atoms with van der Waals surface area (Å²) in [5.74, 6) is 0.0336.